The van der Waals surface area contributed by atoms with E-state index in [0.717, 1.165) is 5.92 Å². The summed E-state index contributed by atoms with van der Waals surface area (Å²) in [6.45, 7) is 10.3. The first-order valence-corrected chi connectivity index (χ1v) is 5.93. The molecule has 0 spiro atoms. The van der Waals surface area contributed by atoms with Gasteiger partial charge >= 0.3 is 0 Å². The zero-order chi connectivity index (χ0) is 9.82. The van der Waals surface area contributed by atoms with Crippen molar-refractivity contribution in [1.29, 1.82) is 0 Å². The Bertz CT molecular complexity index is 51.1. The van der Waals surface area contributed by atoms with Gasteiger partial charge in [0.25, 0.3) is 0 Å². The van der Waals surface area contributed by atoms with Gasteiger partial charge in [-0.25, -0.2) is 0 Å². The highest BCUT2D eigenvalue weighted by Gasteiger charge is 2.09. The molecule has 0 heterocycles. The van der Waals surface area contributed by atoms with E-state index < -0.39 is 0 Å². The van der Waals surface area contributed by atoms with Gasteiger partial charge in [0.05, 0.1) is 0 Å². The van der Waals surface area contributed by atoms with Crippen molar-refractivity contribution in [3.05, 3.63) is 0 Å². The Balaban J connectivity index is 0. The quantitative estimate of drug-likeness (QED) is 0.520. The molecule has 0 nitrogen and oxygen atoms in total. The Morgan fingerprint density at radius 3 is 1.50 bits per heavy atom. The van der Waals surface area contributed by atoms with Crippen molar-refractivity contribution in [2.75, 3.05) is 0 Å². The van der Waals surface area contributed by atoms with Gasteiger partial charge in [-0.1, -0.05) is 73.1 Å². The Hall–Kier alpha value is 0. The molecular weight excluding hydrogens is 144 g/mol. The summed E-state index contributed by atoms with van der Waals surface area (Å²) in [6, 6.07) is 0. The molecule has 1 rings (SSSR count). The van der Waals surface area contributed by atoms with Crippen LogP contribution in [-0.2, 0) is 0 Å². The van der Waals surface area contributed by atoms with Crippen LogP contribution in [0.1, 0.15) is 73.1 Å². The summed E-state index contributed by atoms with van der Waals surface area (Å²) < 4.78 is 0. The fraction of sp³-hybridized carbons (Fsp3) is 1.00. The number of rotatable bonds is 1. The van der Waals surface area contributed by atoms with E-state index in [-0.39, 0.29) is 0 Å². The number of hydrogen-bond acceptors (Lipinski definition) is 0. The van der Waals surface area contributed by atoms with E-state index in [1.807, 2.05) is 27.7 Å². The largest absolute Gasteiger partial charge is 0.0683 e. The molecule has 0 bridgehead atoms. The van der Waals surface area contributed by atoms with E-state index in [0.29, 0.717) is 0 Å². The van der Waals surface area contributed by atoms with E-state index in [9.17, 15) is 0 Å². The standard InChI is InChI=1S/C8H16.2C2H6/c1-2-8-6-4-3-5-7-8;2*1-2/h8H,2-7H2,1H3;2*1-2H3. The second-order valence-corrected chi connectivity index (χ2v) is 2.91. The highest BCUT2D eigenvalue weighted by atomic mass is 14.2. The lowest BCUT2D eigenvalue weighted by Crippen LogP contribution is -2.03. The zero-order valence-corrected chi connectivity index (χ0v) is 9.82. The monoisotopic (exact) mass is 172 g/mol. The average Bonchev–Trinajstić information content (AvgIpc) is 2.25. The molecule has 0 aliphatic heterocycles. The minimum Gasteiger partial charge on any atom is -0.0683 e. The van der Waals surface area contributed by atoms with Gasteiger partial charge in [-0.05, 0) is 5.92 Å². The van der Waals surface area contributed by atoms with Gasteiger partial charge in [0.2, 0.25) is 0 Å². The van der Waals surface area contributed by atoms with Crippen LogP contribution in [0.4, 0.5) is 0 Å². The third-order valence-electron chi connectivity index (χ3n) is 2.30. The van der Waals surface area contributed by atoms with Gasteiger partial charge < -0.3 is 0 Å². The van der Waals surface area contributed by atoms with Gasteiger partial charge in [0, 0.05) is 0 Å². The molecule has 0 aromatic carbocycles. The first-order chi connectivity index (χ1) is 5.93. The fourth-order valence-electron chi connectivity index (χ4n) is 1.60. The van der Waals surface area contributed by atoms with Crippen LogP contribution in [0.15, 0.2) is 0 Å². The molecule has 1 aliphatic carbocycles. The zero-order valence-electron chi connectivity index (χ0n) is 9.82. The lowest BCUT2D eigenvalue weighted by molar-refractivity contribution is 0.349. The molecule has 0 N–H and O–H groups in total. The van der Waals surface area contributed by atoms with Crippen LogP contribution < -0.4 is 0 Å². The van der Waals surface area contributed by atoms with Crippen LogP contribution in [0.5, 0.6) is 0 Å². The van der Waals surface area contributed by atoms with Crippen molar-refractivity contribution in [2.45, 2.75) is 73.1 Å². The minimum absolute atomic E-state index is 1.09. The van der Waals surface area contributed by atoms with Crippen molar-refractivity contribution < 1.29 is 0 Å². The first-order valence-electron chi connectivity index (χ1n) is 5.93. The van der Waals surface area contributed by atoms with Crippen LogP contribution in [0.25, 0.3) is 0 Å². The molecule has 0 saturated heterocycles. The maximum Gasteiger partial charge on any atom is -0.0417 e. The molecule has 0 aromatic rings. The summed E-state index contributed by atoms with van der Waals surface area (Å²) in [5.74, 6) is 1.09. The molecule has 0 aromatic heterocycles. The van der Waals surface area contributed by atoms with Crippen LogP contribution in [0.3, 0.4) is 0 Å². The van der Waals surface area contributed by atoms with Crippen molar-refractivity contribution in [2.24, 2.45) is 5.92 Å². The second-order valence-electron chi connectivity index (χ2n) is 2.91. The molecular formula is C12H28. The molecule has 12 heavy (non-hydrogen) atoms. The Morgan fingerprint density at radius 2 is 1.25 bits per heavy atom. The summed E-state index contributed by atoms with van der Waals surface area (Å²) in [5, 5.41) is 0. The van der Waals surface area contributed by atoms with Crippen molar-refractivity contribution in [3.8, 4) is 0 Å². The molecule has 1 aliphatic rings. The second kappa shape index (κ2) is 13.6. The first kappa shape index (κ1) is 14.5. The fourth-order valence-corrected chi connectivity index (χ4v) is 1.60. The van der Waals surface area contributed by atoms with E-state index in [2.05, 4.69) is 6.92 Å². The predicted molar refractivity (Wildman–Crippen MR) is 59.6 cm³/mol. The van der Waals surface area contributed by atoms with Gasteiger partial charge in [-0.2, -0.15) is 0 Å². The van der Waals surface area contributed by atoms with Crippen molar-refractivity contribution in [3.63, 3.8) is 0 Å². The predicted octanol–water partition coefficient (Wildman–Crippen LogP) is 5.03. The SMILES string of the molecule is CC.CC.CCC1CCCCC1. The topological polar surface area (TPSA) is 0 Å². The lowest BCUT2D eigenvalue weighted by atomic mass is 9.88. The summed E-state index contributed by atoms with van der Waals surface area (Å²) in [6.07, 6.45) is 8.93. The Labute approximate surface area is 79.8 Å². The van der Waals surface area contributed by atoms with E-state index in [4.69, 9.17) is 0 Å². The third-order valence-corrected chi connectivity index (χ3v) is 2.30. The lowest BCUT2D eigenvalue weighted by Gasteiger charge is -2.18. The molecule has 0 heteroatoms. The van der Waals surface area contributed by atoms with Crippen molar-refractivity contribution >= 4 is 0 Å². The van der Waals surface area contributed by atoms with Crippen LogP contribution >= 0.6 is 0 Å². The normalized spacial score (nSPS) is 16.8. The summed E-state index contributed by atoms with van der Waals surface area (Å²) >= 11 is 0. The Morgan fingerprint density at radius 1 is 0.833 bits per heavy atom. The smallest absolute Gasteiger partial charge is 0.0417 e. The maximum atomic E-state index is 2.32. The summed E-state index contributed by atoms with van der Waals surface area (Å²) in [7, 11) is 0. The third kappa shape index (κ3) is 8.10. The highest BCUT2D eigenvalue weighted by Crippen LogP contribution is 2.25. The van der Waals surface area contributed by atoms with Gasteiger partial charge in [0.15, 0.2) is 0 Å². The van der Waals surface area contributed by atoms with Gasteiger partial charge in [0.1, 0.15) is 0 Å². The highest BCUT2D eigenvalue weighted by molar-refractivity contribution is 4.63. The molecule has 0 radical (unpaired) electrons. The van der Waals surface area contributed by atoms with Gasteiger partial charge in [-0.15, -0.1) is 0 Å². The molecule has 1 saturated carbocycles. The van der Waals surface area contributed by atoms with Crippen LogP contribution in [0.2, 0.25) is 0 Å². The van der Waals surface area contributed by atoms with E-state index >= 15 is 0 Å². The number of hydrogen-bond donors (Lipinski definition) is 0. The van der Waals surface area contributed by atoms with E-state index in [1.165, 1.54) is 38.5 Å². The molecule has 0 atom stereocenters. The maximum absolute atomic E-state index is 2.32. The Kier molecular flexibility index (Phi) is 16.4. The summed E-state index contributed by atoms with van der Waals surface area (Å²) in [4.78, 5) is 0. The van der Waals surface area contributed by atoms with E-state index in [1.54, 1.807) is 0 Å². The summed E-state index contributed by atoms with van der Waals surface area (Å²) in [5.41, 5.74) is 0. The molecule has 0 unspecified atom stereocenters. The molecule has 76 valence electrons. The minimum atomic E-state index is 1.09. The van der Waals surface area contributed by atoms with Crippen LogP contribution in [-0.4, -0.2) is 0 Å². The van der Waals surface area contributed by atoms with Crippen LogP contribution in [0, 0.1) is 5.92 Å². The molecule has 0 amide bonds. The molecule has 1 fully saturated rings. The van der Waals surface area contributed by atoms with Crippen molar-refractivity contribution in [1.82, 2.24) is 0 Å². The van der Waals surface area contributed by atoms with Gasteiger partial charge in [-0.3, -0.25) is 0 Å². The average molecular weight is 172 g/mol.